The lowest BCUT2D eigenvalue weighted by atomic mass is 10.0. The second-order valence-corrected chi connectivity index (χ2v) is 3.42. The van der Waals surface area contributed by atoms with Crippen LogP contribution >= 0.6 is 0 Å². The van der Waals surface area contributed by atoms with Crippen LogP contribution < -0.4 is 0 Å². The molecule has 3 atom stereocenters. The summed E-state index contributed by atoms with van der Waals surface area (Å²) in [5.74, 6) is 1.45. The summed E-state index contributed by atoms with van der Waals surface area (Å²) >= 11 is 0. The Bertz CT molecular complexity index is 88.6. The normalized spacial score (nSPS) is 39.0. The van der Waals surface area contributed by atoms with Gasteiger partial charge in [0.25, 0.3) is 0 Å². The summed E-state index contributed by atoms with van der Waals surface area (Å²) in [5, 5.41) is 9.17. The lowest BCUT2D eigenvalue weighted by molar-refractivity contribution is 0.127. The average Bonchev–Trinajstić information content (AvgIpc) is 2.14. The molecule has 0 saturated heterocycles. The van der Waals surface area contributed by atoms with Gasteiger partial charge in [-0.25, -0.2) is 0 Å². The average molecular weight is 128 g/mol. The summed E-state index contributed by atoms with van der Waals surface area (Å²) < 4.78 is 0. The lowest BCUT2D eigenvalue weighted by Gasteiger charge is -2.11. The van der Waals surface area contributed by atoms with Crippen LogP contribution in [0.2, 0.25) is 0 Å². The van der Waals surface area contributed by atoms with Crippen LogP contribution in [0.4, 0.5) is 0 Å². The molecule has 9 heavy (non-hydrogen) atoms. The Morgan fingerprint density at radius 1 is 1.44 bits per heavy atom. The van der Waals surface area contributed by atoms with Gasteiger partial charge < -0.3 is 5.11 Å². The summed E-state index contributed by atoms with van der Waals surface area (Å²) in [4.78, 5) is 0. The monoisotopic (exact) mass is 128 g/mol. The highest BCUT2D eigenvalue weighted by Gasteiger charge is 2.24. The highest BCUT2D eigenvalue weighted by Crippen LogP contribution is 2.32. The van der Waals surface area contributed by atoms with Crippen LogP contribution in [0, 0.1) is 11.8 Å². The standard InChI is InChI=1S/C8H16O/c1-6-3-4-8(5-6)7(2)9/h6-9H,3-5H2,1-2H3/t6?,7?,8-/m0/s1. The number of aliphatic hydroxyl groups is 1. The Morgan fingerprint density at radius 2 is 2.11 bits per heavy atom. The fourth-order valence-electron chi connectivity index (χ4n) is 1.69. The van der Waals surface area contributed by atoms with Gasteiger partial charge >= 0.3 is 0 Å². The van der Waals surface area contributed by atoms with Crippen molar-refractivity contribution in [2.24, 2.45) is 11.8 Å². The van der Waals surface area contributed by atoms with E-state index in [-0.39, 0.29) is 6.10 Å². The van der Waals surface area contributed by atoms with E-state index in [4.69, 9.17) is 5.11 Å². The van der Waals surface area contributed by atoms with Gasteiger partial charge in [-0.2, -0.15) is 0 Å². The van der Waals surface area contributed by atoms with Crippen LogP contribution in [-0.2, 0) is 0 Å². The van der Waals surface area contributed by atoms with Crippen molar-refractivity contribution in [3.63, 3.8) is 0 Å². The molecule has 0 aliphatic heterocycles. The number of aliphatic hydroxyl groups excluding tert-OH is 1. The van der Waals surface area contributed by atoms with Crippen molar-refractivity contribution >= 4 is 0 Å². The zero-order valence-corrected chi connectivity index (χ0v) is 6.30. The molecule has 2 unspecified atom stereocenters. The first kappa shape index (κ1) is 7.07. The molecule has 0 amide bonds. The molecule has 1 rings (SSSR count). The fourth-order valence-corrected chi connectivity index (χ4v) is 1.69. The predicted molar refractivity (Wildman–Crippen MR) is 38.2 cm³/mol. The van der Waals surface area contributed by atoms with Crippen molar-refractivity contribution in [2.75, 3.05) is 0 Å². The van der Waals surface area contributed by atoms with E-state index in [0.29, 0.717) is 5.92 Å². The van der Waals surface area contributed by atoms with E-state index in [0.717, 1.165) is 5.92 Å². The molecule has 1 N–H and O–H groups in total. The minimum atomic E-state index is -0.0741. The second kappa shape index (κ2) is 2.70. The molecule has 1 heteroatoms. The van der Waals surface area contributed by atoms with Gasteiger partial charge in [0.05, 0.1) is 6.10 Å². The maximum absolute atomic E-state index is 9.17. The second-order valence-electron chi connectivity index (χ2n) is 3.42. The van der Waals surface area contributed by atoms with Crippen LogP contribution in [0.1, 0.15) is 33.1 Å². The third-order valence-electron chi connectivity index (χ3n) is 2.42. The zero-order valence-electron chi connectivity index (χ0n) is 6.30. The van der Waals surface area contributed by atoms with Gasteiger partial charge in [-0.15, -0.1) is 0 Å². The largest absolute Gasteiger partial charge is 0.393 e. The van der Waals surface area contributed by atoms with Gasteiger partial charge in [0.2, 0.25) is 0 Å². The number of rotatable bonds is 1. The van der Waals surface area contributed by atoms with Crippen LogP contribution in [0.15, 0.2) is 0 Å². The van der Waals surface area contributed by atoms with Gasteiger partial charge in [-0.05, 0) is 31.6 Å². The van der Waals surface area contributed by atoms with Crippen molar-refractivity contribution in [2.45, 2.75) is 39.2 Å². The first-order chi connectivity index (χ1) is 4.20. The third kappa shape index (κ3) is 1.68. The minimum absolute atomic E-state index is 0.0741. The van der Waals surface area contributed by atoms with Gasteiger partial charge in [0, 0.05) is 0 Å². The maximum atomic E-state index is 9.17. The topological polar surface area (TPSA) is 20.2 Å². The van der Waals surface area contributed by atoms with Crippen molar-refractivity contribution in [3.8, 4) is 0 Å². The molecule has 1 nitrogen and oxygen atoms in total. The minimum Gasteiger partial charge on any atom is -0.393 e. The molecule has 1 saturated carbocycles. The molecule has 0 aromatic heterocycles. The van der Waals surface area contributed by atoms with Crippen LogP contribution in [0.5, 0.6) is 0 Å². The molecule has 0 aromatic carbocycles. The molecule has 1 fully saturated rings. The molecule has 0 aromatic rings. The molecule has 0 radical (unpaired) electrons. The van der Waals surface area contributed by atoms with E-state index < -0.39 is 0 Å². The molecule has 1 aliphatic carbocycles. The maximum Gasteiger partial charge on any atom is 0.0540 e. The van der Waals surface area contributed by atoms with Crippen LogP contribution in [0.3, 0.4) is 0 Å². The molecule has 1 aliphatic rings. The summed E-state index contributed by atoms with van der Waals surface area (Å²) in [7, 11) is 0. The summed E-state index contributed by atoms with van der Waals surface area (Å²) in [6.45, 7) is 4.17. The molecular weight excluding hydrogens is 112 g/mol. The lowest BCUT2D eigenvalue weighted by Crippen LogP contribution is -2.12. The van der Waals surface area contributed by atoms with E-state index >= 15 is 0 Å². The Hall–Kier alpha value is -0.0400. The highest BCUT2D eigenvalue weighted by molar-refractivity contribution is 4.75. The Kier molecular flexibility index (Phi) is 2.12. The van der Waals surface area contributed by atoms with Gasteiger partial charge in [-0.3, -0.25) is 0 Å². The summed E-state index contributed by atoms with van der Waals surface area (Å²) in [6, 6.07) is 0. The number of hydrogen-bond acceptors (Lipinski definition) is 1. The highest BCUT2D eigenvalue weighted by atomic mass is 16.3. The SMILES string of the molecule is CC1CC[C@H](C(C)O)C1. The van der Waals surface area contributed by atoms with Crippen LogP contribution in [0.25, 0.3) is 0 Å². The Morgan fingerprint density at radius 3 is 2.33 bits per heavy atom. The van der Waals surface area contributed by atoms with Crippen molar-refractivity contribution in [1.82, 2.24) is 0 Å². The van der Waals surface area contributed by atoms with Crippen molar-refractivity contribution in [1.29, 1.82) is 0 Å². The number of hydrogen-bond donors (Lipinski definition) is 1. The smallest absolute Gasteiger partial charge is 0.0540 e. The third-order valence-corrected chi connectivity index (χ3v) is 2.42. The van der Waals surface area contributed by atoms with E-state index in [1.807, 2.05) is 6.92 Å². The quantitative estimate of drug-likeness (QED) is 0.571. The Labute approximate surface area is 57.1 Å². The predicted octanol–water partition coefficient (Wildman–Crippen LogP) is 1.80. The van der Waals surface area contributed by atoms with Crippen LogP contribution in [-0.4, -0.2) is 11.2 Å². The van der Waals surface area contributed by atoms with Crippen molar-refractivity contribution in [3.05, 3.63) is 0 Å². The van der Waals surface area contributed by atoms with Gasteiger partial charge in [-0.1, -0.05) is 13.3 Å². The van der Waals surface area contributed by atoms with E-state index in [9.17, 15) is 0 Å². The van der Waals surface area contributed by atoms with Crippen molar-refractivity contribution < 1.29 is 5.11 Å². The molecular formula is C8H16O. The van der Waals surface area contributed by atoms with E-state index in [1.54, 1.807) is 0 Å². The molecule has 0 heterocycles. The fraction of sp³-hybridized carbons (Fsp3) is 1.00. The Balaban J connectivity index is 2.30. The van der Waals surface area contributed by atoms with E-state index in [2.05, 4.69) is 6.92 Å². The van der Waals surface area contributed by atoms with E-state index in [1.165, 1.54) is 19.3 Å². The van der Waals surface area contributed by atoms with Gasteiger partial charge in [0.1, 0.15) is 0 Å². The first-order valence-corrected chi connectivity index (χ1v) is 3.88. The molecule has 54 valence electrons. The summed E-state index contributed by atoms with van der Waals surface area (Å²) in [5.41, 5.74) is 0. The molecule has 0 spiro atoms. The molecule has 0 bridgehead atoms. The summed E-state index contributed by atoms with van der Waals surface area (Å²) in [6.07, 6.45) is 3.71. The first-order valence-electron chi connectivity index (χ1n) is 3.88. The van der Waals surface area contributed by atoms with Gasteiger partial charge in [0.15, 0.2) is 0 Å². The zero-order chi connectivity index (χ0) is 6.85.